The molecule has 0 unspecified atom stereocenters. The summed E-state index contributed by atoms with van der Waals surface area (Å²) in [4.78, 5) is 35.8. The average Bonchev–Trinajstić information content (AvgIpc) is 2.62. The van der Waals surface area contributed by atoms with Gasteiger partial charge in [-0.2, -0.15) is 0 Å². The van der Waals surface area contributed by atoms with Gasteiger partial charge in [-0.1, -0.05) is 0 Å². The quantitative estimate of drug-likeness (QED) is 0.616. The lowest BCUT2D eigenvalue weighted by atomic mass is 10.2. The van der Waals surface area contributed by atoms with Crippen molar-refractivity contribution in [1.29, 1.82) is 0 Å². The Morgan fingerprint density at radius 2 is 1.89 bits per heavy atom. The second-order valence-electron chi connectivity index (χ2n) is 4.32. The highest BCUT2D eigenvalue weighted by Gasteiger charge is 2.36. The van der Waals surface area contributed by atoms with Gasteiger partial charge in [-0.3, -0.25) is 4.79 Å². The fraction of sp³-hybridized carbons (Fsp3) is 0.154. The van der Waals surface area contributed by atoms with E-state index in [1.54, 1.807) is 25.1 Å². The molecule has 1 saturated heterocycles. The molecule has 19 heavy (non-hydrogen) atoms. The number of rotatable bonds is 1. The molecule has 0 bridgehead atoms. The molecule has 1 aliphatic rings. The van der Waals surface area contributed by atoms with Gasteiger partial charge in [0.05, 0.1) is 5.69 Å². The van der Waals surface area contributed by atoms with Crippen LogP contribution in [0.3, 0.4) is 0 Å². The highest BCUT2D eigenvalue weighted by Crippen LogP contribution is 2.24. The molecule has 1 aromatic carbocycles. The maximum absolute atomic E-state index is 11.9. The molecule has 3 amide bonds. The van der Waals surface area contributed by atoms with Gasteiger partial charge >= 0.3 is 11.7 Å². The molecule has 96 valence electrons. The number of anilines is 1. The number of amides is 3. The lowest BCUT2D eigenvalue weighted by Gasteiger charge is -2.12. The molecule has 6 nitrogen and oxygen atoms in total. The smallest absolute Gasteiger partial charge is 0.336 e. The van der Waals surface area contributed by atoms with Crippen LogP contribution >= 0.6 is 0 Å². The summed E-state index contributed by atoms with van der Waals surface area (Å²) in [5.41, 5.74) is 0.245. The van der Waals surface area contributed by atoms with Crippen LogP contribution in [0.1, 0.15) is 6.92 Å². The first-order chi connectivity index (χ1) is 9.06. The number of hydrogen-bond acceptors (Lipinski definition) is 4. The predicted molar refractivity (Wildman–Crippen MR) is 68.0 cm³/mol. The van der Waals surface area contributed by atoms with Crippen molar-refractivity contribution in [1.82, 2.24) is 5.32 Å². The molecule has 2 aromatic rings. The monoisotopic (exact) mass is 258 g/mol. The molecule has 3 rings (SSSR count). The van der Waals surface area contributed by atoms with Gasteiger partial charge in [-0.25, -0.2) is 14.5 Å². The van der Waals surface area contributed by atoms with Gasteiger partial charge in [0.2, 0.25) is 0 Å². The molecule has 1 atom stereocenters. The van der Waals surface area contributed by atoms with Gasteiger partial charge in [0, 0.05) is 17.5 Å². The Bertz CT molecular complexity index is 750. The average molecular weight is 258 g/mol. The van der Waals surface area contributed by atoms with Crippen molar-refractivity contribution >= 4 is 28.6 Å². The van der Waals surface area contributed by atoms with E-state index in [1.807, 2.05) is 0 Å². The number of imide groups is 1. The number of benzene rings is 1. The van der Waals surface area contributed by atoms with Gasteiger partial charge in [0.1, 0.15) is 11.6 Å². The molecule has 6 heteroatoms. The lowest BCUT2D eigenvalue weighted by molar-refractivity contribution is -0.117. The maximum Gasteiger partial charge on any atom is 0.336 e. The topological polar surface area (TPSA) is 79.6 Å². The summed E-state index contributed by atoms with van der Waals surface area (Å²) in [5, 5.41) is 3.25. The minimum Gasteiger partial charge on any atom is -0.423 e. The SMILES string of the molecule is C[C@@H]1NC(=O)N(c2ccc3ccc(=O)oc3c2)C1=O. The van der Waals surface area contributed by atoms with E-state index >= 15 is 0 Å². The fourth-order valence-electron chi connectivity index (χ4n) is 2.04. The third kappa shape index (κ3) is 1.77. The summed E-state index contributed by atoms with van der Waals surface area (Å²) in [7, 11) is 0. The largest absolute Gasteiger partial charge is 0.423 e. The Balaban J connectivity index is 2.13. The van der Waals surface area contributed by atoms with E-state index in [-0.39, 0.29) is 5.91 Å². The highest BCUT2D eigenvalue weighted by molar-refractivity contribution is 6.21. The number of urea groups is 1. The number of hydrogen-bond donors (Lipinski definition) is 1. The molecule has 1 aliphatic heterocycles. The Kier molecular flexibility index (Phi) is 2.38. The first kappa shape index (κ1) is 11.5. The van der Waals surface area contributed by atoms with E-state index in [0.29, 0.717) is 11.3 Å². The molecule has 1 N–H and O–H groups in total. The number of carbonyl (C=O) groups excluding carboxylic acids is 2. The molecule has 0 radical (unpaired) electrons. The van der Waals surface area contributed by atoms with Crippen LogP contribution in [0.2, 0.25) is 0 Å². The van der Waals surface area contributed by atoms with E-state index in [2.05, 4.69) is 5.32 Å². The van der Waals surface area contributed by atoms with Gasteiger partial charge in [-0.15, -0.1) is 0 Å². The summed E-state index contributed by atoms with van der Waals surface area (Å²) in [6, 6.07) is 6.75. The summed E-state index contributed by atoms with van der Waals surface area (Å²) in [6.45, 7) is 1.61. The van der Waals surface area contributed by atoms with Gasteiger partial charge in [0.25, 0.3) is 5.91 Å². The van der Waals surface area contributed by atoms with Gasteiger partial charge < -0.3 is 9.73 Å². The van der Waals surface area contributed by atoms with Gasteiger partial charge in [-0.05, 0) is 25.1 Å². The van der Waals surface area contributed by atoms with E-state index in [4.69, 9.17) is 4.42 Å². The Labute approximate surface area is 107 Å². The third-order valence-electron chi connectivity index (χ3n) is 3.00. The molecule has 0 aliphatic carbocycles. The minimum absolute atomic E-state index is 0.331. The molecule has 2 heterocycles. The Hall–Kier alpha value is -2.63. The summed E-state index contributed by atoms with van der Waals surface area (Å²) >= 11 is 0. The molecular weight excluding hydrogens is 248 g/mol. The first-order valence-corrected chi connectivity index (χ1v) is 5.74. The van der Waals surface area contributed by atoms with E-state index in [1.165, 1.54) is 12.1 Å². The van der Waals surface area contributed by atoms with Crippen molar-refractivity contribution in [3.8, 4) is 0 Å². The van der Waals surface area contributed by atoms with E-state index in [0.717, 1.165) is 10.3 Å². The van der Waals surface area contributed by atoms with Crippen LogP contribution in [-0.4, -0.2) is 18.0 Å². The number of fused-ring (bicyclic) bond motifs is 1. The number of nitrogens with one attached hydrogen (secondary N) is 1. The zero-order chi connectivity index (χ0) is 13.6. The predicted octanol–water partition coefficient (Wildman–Crippen LogP) is 1.24. The van der Waals surface area contributed by atoms with Crippen LogP contribution in [0.15, 0.2) is 39.5 Å². The van der Waals surface area contributed by atoms with Crippen LogP contribution < -0.4 is 15.8 Å². The van der Waals surface area contributed by atoms with Crippen molar-refractivity contribution in [3.05, 3.63) is 40.8 Å². The van der Waals surface area contributed by atoms with Crippen LogP contribution in [0, 0.1) is 0 Å². The summed E-state index contributed by atoms with van der Waals surface area (Å²) < 4.78 is 5.03. The van der Waals surface area contributed by atoms with Crippen LogP contribution in [0.25, 0.3) is 11.0 Å². The van der Waals surface area contributed by atoms with Crippen LogP contribution in [0.4, 0.5) is 10.5 Å². The Morgan fingerprint density at radius 3 is 2.58 bits per heavy atom. The zero-order valence-corrected chi connectivity index (χ0v) is 10.0. The normalized spacial score (nSPS) is 19.0. The second kappa shape index (κ2) is 3.94. The van der Waals surface area contributed by atoms with Crippen molar-refractivity contribution in [2.75, 3.05) is 4.90 Å². The standard InChI is InChI=1S/C13H10N2O4/c1-7-12(17)15(13(18)14-7)9-4-2-8-3-5-11(16)19-10(8)6-9/h2-7H,1H3,(H,14,18)/t7-/m0/s1. The number of carbonyl (C=O) groups is 2. The maximum atomic E-state index is 11.9. The molecule has 0 saturated carbocycles. The van der Waals surface area contributed by atoms with Crippen molar-refractivity contribution in [2.24, 2.45) is 0 Å². The highest BCUT2D eigenvalue weighted by atomic mass is 16.4. The van der Waals surface area contributed by atoms with Gasteiger partial charge in [0.15, 0.2) is 0 Å². The summed E-state index contributed by atoms with van der Waals surface area (Å²) in [6.07, 6.45) is 0. The third-order valence-corrected chi connectivity index (χ3v) is 3.00. The minimum atomic E-state index is -0.550. The second-order valence-corrected chi connectivity index (χ2v) is 4.32. The molecule has 0 spiro atoms. The Morgan fingerprint density at radius 1 is 1.16 bits per heavy atom. The van der Waals surface area contributed by atoms with E-state index in [9.17, 15) is 14.4 Å². The van der Waals surface area contributed by atoms with Crippen LogP contribution in [-0.2, 0) is 4.79 Å². The lowest BCUT2D eigenvalue weighted by Crippen LogP contribution is -2.30. The molecule has 1 fully saturated rings. The fourth-order valence-corrected chi connectivity index (χ4v) is 2.04. The first-order valence-electron chi connectivity index (χ1n) is 5.74. The zero-order valence-electron chi connectivity index (χ0n) is 10.0. The molecular formula is C13H10N2O4. The molecule has 1 aromatic heterocycles. The van der Waals surface area contributed by atoms with Crippen molar-refractivity contribution in [3.63, 3.8) is 0 Å². The van der Waals surface area contributed by atoms with Crippen molar-refractivity contribution in [2.45, 2.75) is 13.0 Å². The van der Waals surface area contributed by atoms with Crippen molar-refractivity contribution < 1.29 is 14.0 Å². The number of nitrogens with zero attached hydrogens (tertiary/aromatic N) is 1. The summed E-state index contributed by atoms with van der Waals surface area (Å²) in [5.74, 6) is -0.331. The van der Waals surface area contributed by atoms with Crippen LogP contribution in [0.5, 0.6) is 0 Å². The van der Waals surface area contributed by atoms with E-state index < -0.39 is 17.7 Å².